The van der Waals surface area contributed by atoms with Gasteiger partial charge in [-0.15, -0.1) is 11.3 Å². The van der Waals surface area contributed by atoms with E-state index in [0.29, 0.717) is 23.6 Å². The van der Waals surface area contributed by atoms with Crippen LogP contribution in [0.3, 0.4) is 0 Å². The third-order valence-electron chi connectivity index (χ3n) is 3.78. The average molecular weight is 388 g/mol. The summed E-state index contributed by atoms with van der Waals surface area (Å²) >= 11 is 4.88. The van der Waals surface area contributed by atoms with E-state index in [1.54, 1.807) is 6.92 Å². The Morgan fingerprint density at radius 3 is 2.68 bits per heavy atom. The lowest BCUT2D eigenvalue weighted by molar-refractivity contribution is -0.115. The second kappa shape index (κ2) is 8.11. The fourth-order valence-corrected chi connectivity index (χ4v) is 4.02. The predicted molar refractivity (Wildman–Crippen MR) is 93.2 cm³/mol. The Bertz CT molecular complexity index is 556. The van der Waals surface area contributed by atoms with Crippen molar-refractivity contribution in [3.8, 4) is 0 Å². The van der Waals surface area contributed by atoms with Gasteiger partial charge in [0.25, 0.3) is 0 Å². The van der Waals surface area contributed by atoms with Crippen LogP contribution in [0.15, 0.2) is 0 Å². The minimum absolute atomic E-state index is 0.107. The van der Waals surface area contributed by atoms with Crippen LogP contribution < -0.4 is 5.32 Å². The molecule has 0 saturated carbocycles. The molecule has 1 N–H and O–H groups in total. The number of fused-ring (bicyclic) bond motifs is 1. The highest BCUT2D eigenvalue weighted by Crippen LogP contribution is 2.38. The first kappa shape index (κ1) is 17.5. The second-order valence-corrected chi connectivity index (χ2v) is 7.56. The van der Waals surface area contributed by atoms with Gasteiger partial charge in [0, 0.05) is 4.88 Å². The van der Waals surface area contributed by atoms with Crippen LogP contribution in [0.25, 0.3) is 0 Å². The van der Waals surface area contributed by atoms with Gasteiger partial charge in [0.2, 0.25) is 5.91 Å². The average Bonchev–Trinajstić information content (AvgIpc) is 2.67. The molecule has 1 aliphatic rings. The first-order chi connectivity index (χ1) is 10.6. The predicted octanol–water partition coefficient (Wildman–Crippen LogP) is 4.31. The van der Waals surface area contributed by atoms with Crippen molar-refractivity contribution in [2.24, 2.45) is 0 Å². The van der Waals surface area contributed by atoms with E-state index in [9.17, 15) is 9.59 Å². The number of carbonyl (C=O) groups is 2. The number of aryl methyl sites for hydroxylation is 1. The first-order valence-corrected chi connectivity index (χ1v) is 9.58. The van der Waals surface area contributed by atoms with Crippen molar-refractivity contribution in [2.75, 3.05) is 11.9 Å². The molecule has 0 unspecified atom stereocenters. The minimum atomic E-state index is -0.320. The Balaban J connectivity index is 2.35. The van der Waals surface area contributed by atoms with Crippen LogP contribution in [0.5, 0.6) is 0 Å². The van der Waals surface area contributed by atoms with Gasteiger partial charge in [0.15, 0.2) is 0 Å². The van der Waals surface area contributed by atoms with Crippen LogP contribution >= 0.6 is 27.3 Å². The van der Waals surface area contributed by atoms with Crippen LogP contribution in [0.1, 0.15) is 60.3 Å². The lowest BCUT2D eigenvalue weighted by Crippen LogP contribution is -2.23. The summed E-state index contributed by atoms with van der Waals surface area (Å²) in [4.78, 5) is 25.5. The number of thiophene rings is 1. The zero-order chi connectivity index (χ0) is 16.1. The molecule has 1 atom stereocenters. The van der Waals surface area contributed by atoms with Gasteiger partial charge >= 0.3 is 5.97 Å². The van der Waals surface area contributed by atoms with Crippen molar-refractivity contribution in [3.63, 3.8) is 0 Å². The smallest absolute Gasteiger partial charge is 0.341 e. The molecule has 1 amide bonds. The molecule has 0 bridgehead atoms. The molecule has 1 aromatic rings. The number of ether oxygens (including phenoxy) is 1. The number of anilines is 1. The van der Waals surface area contributed by atoms with Gasteiger partial charge in [-0.25, -0.2) is 4.79 Å². The van der Waals surface area contributed by atoms with Crippen molar-refractivity contribution in [1.82, 2.24) is 0 Å². The summed E-state index contributed by atoms with van der Waals surface area (Å²) < 4.78 is 5.21. The maximum Gasteiger partial charge on any atom is 0.341 e. The number of nitrogens with one attached hydrogen (secondary N) is 1. The number of hydrogen-bond donors (Lipinski definition) is 1. The van der Waals surface area contributed by atoms with Crippen molar-refractivity contribution < 1.29 is 14.3 Å². The molecule has 1 aliphatic carbocycles. The molecule has 22 heavy (non-hydrogen) atoms. The summed E-state index contributed by atoms with van der Waals surface area (Å²) in [6.07, 6.45) is 5.98. The molecule has 0 aliphatic heterocycles. The van der Waals surface area contributed by atoms with Crippen LogP contribution in [0, 0.1) is 0 Å². The van der Waals surface area contributed by atoms with Gasteiger partial charge in [-0.2, -0.15) is 0 Å². The Morgan fingerprint density at radius 1 is 1.27 bits per heavy atom. The molecule has 1 aromatic heterocycles. The number of esters is 1. The lowest BCUT2D eigenvalue weighted by Gasteiger charge is -2.10. The minimum Gasteiger partial charge on any atom is -0.462 e. The quantitative estimate of drug-likeness (QED) is 0.465. The summed E-state index contributed by atoms with van der Waals surface area (Å²) in [6.45, 7) is 4.08. The molecule has 1 heterocycles. The number of hydrogen-bond acceptors (Lipinski definition) is 4. The molecule has 6 heteroatoms. The van der Waals surface area contributed by atoms with E-state index < -0.39 is 0 Å². The van der Waals surface area contributed by atoms with Gasteiger partial charge in [-0.3, -0.25) is 4.79 Å². The van der Waals surface area contributed by atoms with E-state index in [1.807, 2.05) is 6.92 Å². The van der Waals surface area contributed by atoms with Gasteiger partial charge < -0.3 is 10.1 Å². The Labute approximate surface area is 143 Å². The molecule has 4 nitrogen and oxygen atoms in total. The fraction of sp³-hybridized carbons (Fsp3) is 0.625. The topological polar surface area (TPSA) is 55.4 Å². The maximum absolute atomic E-state index is 12.4. The van der Waals surface area contributed by atoms with Crippen LogP contribution in [-0.2, 0) is 22.4 Å². The Morgan fingerprint density at radius 2 is 2.00 bits per heavy atom. The molecule has 0 spiro atoms. The second-order valence-electron chi connectivity index (χ2n) is 5.35. The van der Waals surface area contributed by atoms with Gasteiger partial charge in [-0.1, -0.05) is 29.3 Å². The third kappa shape index (κ3) is 3.90. The van der Waals surface area contributed by atoms with Crippen molar-refractivity contribution in [3.05, 3.63) is 16.0 Å². The molecule has 2 rings (SSSR count). The molecule has 0 fully saturated rings. The molecule has 122 valence electrons. The molecular weight excluding hydrogens is 366 g/mol. The van der Waals surface area contributed by atoms with E-state index in [4.69, 9.17) is 4.74 Å². The van der Waals surface area contributed by atoms with E-state index in [-0.39, 0.29) is 16.7 Å². The number of halogens is 1. The van der Waals surface area contributed by atoms with E-state index in [2.05, 4.69) is 21.2 Å². The van der Waals surface area contributed by atoms with Crippen molar-refractivity contribution in [1.29, 1.82) is 0 Å². The Kier molecular flexibility index (Phi) is 6.44. The largest absolute Gasteiger partial charge is 0.462 e. The SMILES string of the molecule is CCOC(=O)c1c(NC(=O)[C@@H](Br)CC)sc2c1CCCCC2. The maximum atomic E-state index is 12.4. The number of rotatable bonds is 5. The third-order valence-corrected chi connectivity index (χ3v) is 6.05. The number of carbonyl (C=O) groups excluding carboxylic acids is 2. The normalized spacial score (nSPS) is 15.6. The summed E-state index contributed by atoms with van der Waals surface area (Å²) in [5.41, 5.74) is 1.66. The van der Waals surface area contributed by atoms with E-state index in [0.717, 1.165) is 31.2 Å². The zero-order valence-electron chi connectivity index (χ0n) is 13.0. The monoisotopic (exact) mass is 387 g/mol. The summed E-state index contributed by atoms with van der Waals surface area (Å²) in [5.74, 6) is -0.427. The van der Waals surface area contributed by atoms with Gasteiger partial charge in [0.1, 0.15) is 5.00 Å². The standard InChI is InChI=1S/C16H22BrNO3S/c1-3-11(17)14(19)18-15-13(16(20)21-4-2)10-8-6-5-7-9-12(10)22-15/h11H,3-9H2,1-2H3,(H,18,19)/t11-/m0/s1. The fourth-order valence-electron chi connectivity index (χ4n) is 2.63. The number of alkyl halides is 1. The van der Waals surface area contributed by atoms with E-state index >= 15 is 0 Å². The number of amides is 1. The zero-order valence-corrected chi connectivity index (χ0v) is 15.4. The summed E-state index contributed by atoms with van der Waals surface area (Å²) in [5, 5.41) is 3.56. The molecular formula is C16H22BrNO3S. The highest BCUT2D eigenvalue weighted by Gasteiger charge is 2.27. The molecule has 0 saturated heterocycles. The van der Waals surface area contributed by atoms with Gasteiger partial charge in [-0.05, 0) is 44.6 Å². The molecule has 0 radical (unpaired) electrons. The lowest BCUT2D eigenvalue weighted by atomic mass is 10.1. The van der Waals surface area contributed by atoms with Crippen LogP contribution in [0.2, 0.25) is 0 Å². The highest BCUT2D eigenvalue weighted by molar-refractivity contribution is 9.10. The Hall–Kier alpha value is -0.880. The van der Waals surface area contributed by atoms with Crippen LogP contribution in [0.4, 0.5) is 5.00 Å². The van der Waals surface area contributed by atoms with Crippen molar-refractivity contribution in [2.45, 2.75) is 57.2 Å². The molecule has 0 aromatic carbocycles. The van der Waals surface area contributed by atoms with E-state index in [1.165, 1.54) is 22.6 Å². The first-order valence-electron chi connectivity index (χ1n) is 7.85. The van der Waals surface area contributed by atoms with Crippen molar-refractivity contribution >= 4 is 44.1 Å². The summed E-state index contributed by atoms with van der Waals surface area (Å²) in [7, 11) is 0. The summed E-state index contributed by atoms with van der Waals surface area (Å²) in [6, 6.07) is 0. The van der Waals surface area contributed by atoms with Gasteiger partial charge in [0.05, 0.1) is 17.0 Å². The van der Waals surface area contributed by atoms with Crippen LogP contribution in [-0.4, -0.2) is 23.3 Å². The highest BCUT2D eigenvalue weighted by atomic mass is 79.9.